The fourth-order valence-corrected chi connectivity index (χ4v) is 2.27. The van der Waals surface area contributed by atoms with E-state index in [1.807, 2.05) is 0 Å². The number of H-pyrrole nitrogens is 1. The number of nitrogens with two attached hydrogens (primary N) is 1. The zero-order valence-electron chi connectivity index (χ0n) is 10.6. The van der Waals surface area contributed by atoms with Crippen LogP contribution in [0.5, 0.6) is 11.6 Å². The van der Waals surface area contributed by atoms with E-state index < -0.39 is 0 Å². The van der Waals surface area contributed by atoms with Crippen LogP contribution in [0.25, 0.3) is 0 Å². The van der Waals surface area contributed by atoms with Gasteiger partial charge in [-0.15, -0.1) is 0 Å². The summed E-state index contributed by atoms with van der Waals surface area (Å²) in [4.78, 5) is 17.9. The third-order valence-electron chi connectivity index (χ3n) is 3.33. The number of nitrogens with zero attached hydrogens (tertiary/aromatic N) is 1. The van der Waals surface area contributed by atoms with Gasteiger partial charge in [-0.3, -0.25) is 4.79 Å². The quantitative estimate of drug-likeness (QED) is 0.829. The molecule has 1 fully saturated rings. The lowest BCUT2D eigenvalue weighted by Gasteiger charge is -2.32. The molecule has 1 aliphatic carbocycles. The molecule has 0 atom stereocenters. The topological polar surface area (TPSA) is 90.2 Å². The third kappa shape index (κ3) is 2.81. The van der Waals surface area contributed by atoms with E-state index in [-0.39, 0.29) is 22.7 Å². The molecular weight excluding hydrogens is 234 g/mol. The molecule has 1 saturated carbocycles. The van der Waals surface area contributed by atoms with Crippen LogP contribution in [-0.4, -0.2) is 29.2 Å². The second kappa shape index (κ2) is 5.39. The van der Waals surface area contributed by atoms with Gasteiger partial charge in [-0.2, -0.15) is 0 Å². The van der Waals surface area contributed by atoms with Crippen molar-refractivity contribution >= 4 is 0 Å². The molecule has 2 rings (SSSR count). The van der Waals surface area contributed by atoms with Crippen molar-refractivity contribution in [3.63, 3.8) is 0 Å². The molecule has 3 N–H and O–H groups in total. The first-order chi connectivity index (χ1) is 8.64. The van der Waals surface area contributed by atoms with Crippen molar-refractivity contribution in [3.05, 3.63) is 16.7 Å². The molecule has 100 valence electrons. The van der Waals surface area contributed by atoms with E-state index in [2.05, 4.69) is 9.97 Å². The van der Waals surface area contributed by atoms with Gasteiger partial charge < -0.3 is 20.2 Å². The predicted octanol–water partition coefficient (Wildman–Crippen LogP) is 0.819. The normalized spacial score (nSPS) is 18.3. The molecule has 0 aliphatic heterocycles. The first-order valence-corrected chi connectivity index (χ1v) is 6.18. The largest absolute Gasteiger partial charge is 0.487 e. The monoisotopic (exact) mass is 253 g/mol. The number of methoxy groups -OCH3 is 1. The van der Waals surface area contributed by atoms with E-state index in [4.69, 9.17) is 15.2 Å². The minimum absolute atomic E-state index is 0.0944. The Morgan fingerprint density at radius 3 is 2.83 bits per heavy atom. The molecule has 0 aromatic carbocycles. The molecule has 1 aromatic heterocycles. The number of aromatic amines is 1. The Morgan fingerprint density at radius 2 is 2.17 bits per heavy atom. The van der Waals surface area contributed by atoms with Crippen LogP contribution in [0.3, 0.4) is 0 Å². The summed E-state index contributed by atoms with van der Waals surface area (Å²) in [6, 6.07) is 0. The summed E-state index contributed by atoms with van der Waals surface area (Å²) in [5.74, 6) is 0.300. The van der Waals surface area contributed by atoms with Gasteiger partial charge in [-0.05, 0) is 12.8 Å². The average Bonchev–Trinajstić information content (AvgIpc) is 2.37. The van der Waals surface area contributed by atoms with E-state index in [0.29, 0.717) is 6.61 Å². The van der Waals surface area contributed by atoms with Crippen LogP contribution in [0, 0.1) is 0 Å². The first kappa shape index (κ1) is 12.9. The zero-order chi connectivity index (χ0) is 13.0. The van der Waals surface area contributed by atoms with Gasteiger partial charge in [0.05, 0.1) is 19.0 Å². The van der Waals surface area contributed by atoms with Crippen molar-refractivity contribution in [2.45, 2.75) is 37.6 Å². The van der Waals surface area contributed by atoms with Crippen molar-refractivity contribution in [3.8, 4) is 11.6 Å². The summed E-state index contributed by atoms with van der Waals surface area (Å²) >= 11 is 0. The molecule has 1 aliphatic rings. The highest BCUT2D eigenvalue weighted by Gasteiger charge is 2.29. The molecule has 6 heteroatoms. The van der Waals surface area contributed by atoms with Gasteiger partial charge in [0.25, 0.3) is 11.4 Å². The summed E-state index contributed by atoms with van der Waals surface area (Å²) in [6.45, 7) is 0.361. The van der Waals surface area contributed by atoms with Crippen molar-refractivity contribution in [1.29, 1.82) is 0 Å². The Labute approximate surface area is 106 Å². The van der Waals surface area contributed by atoms with Crippen LogP contribution in [0.1, 0.15) is 32.1 Å². The molecule has 0 bridgehead atoms. The second-order valence-corrected chi connectivity index (χ2v) is 4.78. The van der Waals surface area contributed by atoms with E-state index in [9.17, 15) is 4.79 Å². The molecule has 0 radical (unpaired) electrons. The van der Waals surface area contributed by atoms with Crippen LogP contribution in [0.4, 0.5) is 0 Å². The summed E-state index contributed by atoms with van der Waals surface area (Å²) in [7, 11) is 1.41. The number of nitrogens with one attached hydrogen (secondary N) is 1. The summed E-state index contributed by atoms with van der Waals surface area (Å²) in [5.41, 5.74) is 5.60. The highest BCUT2D eigenvalue weighted by Crippen LogP contribution is 2.27. The van der Waals surface area contributed by atoms with Gasteiger partial charge in [0.1, 0.15) is 6.61 Å². The maximum absolute atomic E-state index is 11.5. The standard InChI is InChI=1S/C12H19N3O3/c1-17-9-10(16)14-8-15-11(9)18-7-12(13)5-3-2-4-6-12/h8H,2-7,13H2,1H3,(H,14,15,16). The Morgan fingerprint density at radius 1 is 1.44 bits per heavy atom. The maximum atomic E-state index is 11.5. The van der Waals surface area contributed by atoms with E-state index >= 15 is 0 Å². The Kier molecular flexibility index (Phi) is 3.86. The van der Waals surface area contributed by atoms with Crippen LogP contribution in [0.2, 0.25) is 0 Å². The Bertz CT molecular complexity index is 452. The van der Waals surface area contributed by atoms with Crippen LogP contribution >= 0.6 is 0 Å². The number of hydrogen-bond donors (Lipinski definition) is 2. The zero-order valence-corrected chi connectivity index (χ0v) is 10.6. The SMILES string of the molecule is COc1c(OCC2(N)CCCCC2)nc[nH]c1=O. The fourth-order valence-electron chi connectivity index (χ4n) is 2.27. The molecule has 0 spiro atoms. The van der Waals surface area contributed by atoms with Gasteiger partial charge >= 0.3 is 0 Å². The summed E-state index contributed by atoms with van der Waals surface area (Å²) < 4.78 is 10.5. The molecule has 0 unspecified atom stereocenters. The Hall–Kier alpha value is -1.56. The highest BCUT2D eigenvalue weighted by molar-refractivity contribution is 5.29. The Balaban J connectivity index is 2.06. The van der Waals surface area contributed by atoms with E-state index in [1.54, 1.807) is 0 Å². The van der Waals surface area contributed by atoms with Crippen LogP contribution in [0.15, 0.2) is 11.1 Å². The first-order valence-electron chi connectivity index (χ1n) is 6.18. The molecule has 0 saturated heterocycles. The van der Waals surface area contributed by atoms with Gasteiger partial charge in [-0.25, -0.2) is 4.98 Å². The highest BCUT2D eigenvalue weighted by atomic mass is 16.5. The molecule has 1 aromatic rings. The maximum Gasteiger partial charge on any atom is 0.297 e. The lowest BCUT2D eigenvalue weighted by molar-refractivity contribution is 0.164. The van der Waals surface area contributed by atoms with Crippen LogP contribution < -0.4 is 20.8 Å². The summed E-state index contributed by atoms with van der Waals surface area (Å²) in [6.07, 6.45) is 6.66. The van der Waals surface area contributed by atoms with Crippen molar-refractivity contribution in [1.82, 2.24) is 9.97 Å². The summed E-state index contributed by atoms with van der Waals surface area (Å²) in [5, 5.41) is 0. The van der Waals surface area contributed by atoms with E-state index in [1.165, 1.54) is 19.9 Å². The fraction of sp³-hybridized carbons (Fsp3) is 0.667. The molecule has 1 heterocycles. The van der Waals surface area contributed by atoms with E-state index in [0.717, 1.165) is 25.7 Å². The van der Waals surface area contributed by atoms with Crippen molar-refractivity contribution < 1.29 is 9.47 Å². The van der Waals surface area contributed by atoms with Crippen molar-refractivity contribution in [2.75, 3.05) is 13.7 Å². The van der Waals surface area contributed by atoms with Crippen LogP contribution in [-0.2, 0) is 0 Å². The molecule has 18 heavy (non-hydrogen) atoms. The average molecular weight is 253 g/mol. The van der Waals surface area contributed by atoms with Gasteiger partial charge in [-0.1, -0.05) is 19.3 Å². The van der Waals surface area contributed by atoms with Gasteiger partial charge in [0, 0.05) is 0 Å². The molecular formula is C12H19N3O3. The minimum atomic E-state index is -0.350. The molecule has 0 amide bonds. The van der Waals surface area contributed by atoms with Crippen molar-refractivity contribution in [2.24, 2.45) is 5.73 Å². The minimum Gasteiger partial charge on any atom is -0.487 e. The molecule has 6 nitrogen and oxygen atoms in total. The lowest BCUT2D eigenvalue weighted by atomic mass is 9.83. The van der Waals surface area contributed by atoms with Gasteiger partial charge in [0.2, 0.25) is 5.75 Å². The second-order valence-electron chi connectivity index (χ2n) is 4.78. The lowest BCUT2D eigenvalue weighted by Crippen LogP contribution is -2.47. The number of rotatable bonds is 4. The smallest absolute Gasteiger partial charge is 0.297 e. The number of ether oxygens (including phenoxy) is 2. The van der Waals surface area contributed by atoms with Gasteiger partial charge in [0.15, 0.2) is 0 Å². The number of hydrogen-bond acceptors (Lipinski definition) is 5. The predicted molar refractivity (Wildman–Crippen MR) is 66.9 cm³/mol. The third-order valence-corrected chi connectivity index (χ3v) is 3.33. The number of aromatic nitrogens is 2.